The molecular formula is C31H43BrN6O. The molecule has 2 heterocycles. The molecule has 0 bridgehead atoms. The summed E-state index contributed by atoms with van der Waals surface area (Å²) in [5.41, 5.74) is 3.51. The minimum atomic E-state index is -0.135. The van der Waals surface area contributed by atoms with E-state index in [1.165, 1.54) is 37.7 Å². The normalized spacial score (nSPS) is 13.5. The van der Waals surface area contributed by atoms with Crippen LogP contribution in [-0.2, 0) is 13.0 Å². The molecule has 1 amide bonds. The molecule has 0 aliphatic heterocycles. The maximum atomic E-state index is 13.0. The van der Waals surface area contributed by atoms with Crippen molar-refractivity contribution in [2.75, 3.05) is 32.5 Å². The van der Waals surface area contributed by atoms with E-state index in [1.54, 1.807) is 12.4 Å². The Hall–Kier alpha value is -2.97. The van der Waals surface area contributed by atoms with Gasteiger partial charge in [-0.25, -0.2) is 4.68 Å². The molecule has 8 heteroatoms. The summed E-state index contributed by atoms with van der Waals surface area (Å²) < 4.78 is 2.53. The number of nitrogens with one attached hydrogen (secondary N) is 2. The van der Waals surface area contributed by atoms with Crippen molar-refractivity contribution >= 4 is 33.4 Å². The second kappa shape index (κ2) is 16.2. The number of benzene rings is 1. The molecule has 1 aliphatic rings. The number of pyridine rings is 1. The number of carbonyl (C=O) groups excluding carboxylic acids is 1. The Labute approximate surface area is 242 Å². The molecule has 2 aromatic heterocycles. The lowest BCUT2D eigenvalue weighted by Crippen LogP contribution is -2.27. The fraction of sp³-hybridized carbons (Fsp3) is 0.452. The molecule has 0 radical (unpaired) electrons. The van der Waals surface area contributed by atoms with Crippen LogP contribution in [0.15, 0.2) is 65.9 Å². The zero-order valence-electron chi connectivity index (χ0n) is 23.6. The number of hydrogen-bond donors (Lipinski definition) is 2. The number of halogens is 1. The summed E-state index contributed by atoms with van der Waals surface area (Å²) in [6.07, 6.45) is 12.0. The Morgan fingerprint density at radius 3 is 2.44 bits per heavy atom. The standard InChI is InChI=1S/C26H38BrN5O.C5H5N/c1-5-21-13-9-10-14-22(21)19(2)29-25-23(27)24(30-32(25)18-17-31(3)4)26(33)28-16-15-20-11-7-6-8-12-20;1-2-4-6-5-3-1/h9-10,13-14,20,29H,2,5-8,11-12,15-18H2,1,3-4H3,(H,28,33);1-5H. The zero-order chi connectivity index (χ0) is 28.0. The van der Waals surface area contributed by atoms with Crippen LogP contribution in [0, 0.1) is 5.92 Å². The quantitative estimate of drug-likeness (QED) is 0.260. The Bertz CT molecular complexity index is 1140. The first-order valence-corrected chi connectivity index (χ1v) is 14.8. The van der Waals surface area contributed by atoms with Gasteiger partial charge in [0.2, 0.25) is 0 Å². The van der Waals surface area contributed by atoms with Crippen molar-refractivity contribution in [2.45, 2.75) is 58.4 Å². The van der Waals surface area contributed by atoms with Gasteiger partial charge in [-0.15, -0.1) is 0 Å². The van der Waals surface area contributed by atoms with E-state index < -0.39 is 0 Å². The third-order valence-electron chi connectivity index (χ3n) is 6.99. The molecule has 7 nitrogen and oxygen atoms in total. The fourth-order valence-electron chi connectivity index (χ4n) is 4.76. The number of rotatable bonds is 11. The Morgan fingerprint density at radius 2 is 1.82 bits per heavy atom. The minimum Gasteiger partial charge on any atom is -0.351 e. The van der Waals surface area contributed by atoms with Crippen LogP contribution >= 0.6 is 15.9 Å². The highest BCUT2D eigenvalue weighted by atomic mass is 79.9. The molecule has 1 aliphatic carbocycles. The Kier molecular flexibility index (Phi) is 12.7. The van der Waals surface area contributed by atoms with Gasteiger partial charge in [0.05, 0.1) is 11.0 Å². The molecule has 1 saturated carbocycles. The predicted molar refractivity (Wildman–Crippen MR) is 165 cm³/mol. The van der Waals surface area contributed by atoms with E-state index in [9.17, 15) is 4.79 Å². The predicted octanol–water partition coefficient (Wildman–Crippen LogP) is 6.63. The lowest BCUT2D eigenvalue weighted by atomic mass is 9.87. The van der Waals surface area contributed by atoms with Gasteiger partial charge < -0.3 is 15.5 Å². The highest BCUT2D eigenvalue weighted by molar-refractivity contribution is 9.10. The first kappa shape index (κ1) is 30.6. The summed E-state index contributed by atoms with van der Waals surface area (Å²) in [7, 11) is 4.06. The largest absolute Gasteiger partial charge is 0.351 e. The van der Waals surface area contributed by atoms with Crippen molar-refractivity contribution in [3.05, 3.63) is 82.7 Å². The second-order valence-corrected chi connectivity index (χ2v) is 11.0. The van der Waals surface area contributed by atoms with Gasteiger partial charge in [0.25, 0.3) is 5.91 Å². The van der Waals surface area contributed by atoms with E-state index >= 15 is 0 Å². The van der Waals surface area contributed by atoms with Gasteiger partial charge in [-0.2, -0.15) is 5.10 Å². The Morgan fingerprint density at radius 1 is 1.10 bits per heavy atom. The molecule has 39 heavy (non-hydrogen) atoms. The number of carbonyl (C=O) groups is 1. The van der Waals surface area contributed by atoms with Crippen LogP contribution in [0.4, 0.5) is 5.82 Å². The molecule has 2 N–H and O–H groups in total. The Balaban J connectivity index is 0.000000617. The number of hydrogen-bond acceptors (Lipinski definition) is 5. The van der Waals surface area contributed by atoms with Crippen LogP contribution in [0.5, 0.6) is 0 Å². The summed E-state index contributed by atoms with van der Waals surface area (Å²) in [5, 5.41) is 11.2. The van der Waals surface area contributed by atoms with Crippen LogP contribution in [0.3, 0.4) is 0 Å². The molecule has 0 spiro atoms. The van der Waals surface area contributed by atoms with Gasteiger partial charge in [0.1, 0.15) is 5.82 Å². The van der Waals surface area contributed by atoms with Crippen LogP contribution in [0.2, 0.25) is 0 Å². The van der Waals surface area contributed by atoms with Gasteiger partial charge in [-0.1, -0.05) is 75.9 Å². The van der Waals surface area contributed by atoms with E-state index in [1.807, 2.05) is 49.1 Å². The number of aryl methyl sites for hydroxylation is 1. The van der Waals surface area contributed by atoms with Crippen molar-refractivity contribution < 1.29 is 4.79 Å². The SMILES string of the molecule is C=C(Nc1c(Br)c(C(=O)NCCC2CCCCC2)nn1CCN(C)C)c1ccccc1CC.c1ccncc1. The van der Waals surface area contributed by atoms with Gasteiger partial charge in [0.15, 0.2) is 5.69 Å². The number of amides is 1. The molecular weight excluding hydrogens is 552 g/mol. The van der Waals surface area contributed by atoms with Crippen molar-refractivity contribution in [2.24, 2.45) is 5.92 Å². The van der Waals surface area contributed by atoms with E-state index in [-0.39, 0.29) is 5.91 Å². The van der Waals surface area contributed by atoms with E-state index in [2.05, 4.69) is 67.2 Å². The average Bonchev–Trinajstić information content (AvgIpc) is 3.28. The number of nitrogens with zero attached hydrogens (tertiary/aromatic N) is 4. The maximum Gasteiger partial charge on any atom is 0.273 e. The van der Waals surface area contributed by atoms with E-state index in [4.69, 9.17) is 0 Å². The number of likely N-dealkylation sites (N-methyl/N-ethyl adjacent to an activating group) is 1. The summed E-state index contributed by atoms with van der Waals surface area (Å²) in [6, 6.07) is 14.0. The summed E-state index contributed by atoms with van der Waals surface area (Å²) in [6.45, 7) is 8.58. The summed E-state index contributed by atoms with van der Waals surface area (Å²) in [5.74, 6) is 1.36. The van der Waals surface area contributed by atoms with Gasteiger partial charge >= 0.3 is 0 Å². The van der Waals surface area contributed by atoms with Crippen LogP contribution < -0.4 is 10.6 Å². The smallest absolute Gasteiger partial charge is 0.273 e. The molecule has 0 saturated heterocycles. The lowest BCUT2D eigenvalue weighted by molar-refractivity contribution is 0.0943. The molecule has 3 aromatic rings. The second-order valence-electron chi connectivity index (χ2n) is 10.2. The maximum absolute atomic E-state index is 13.0. The van der Waals surface area contributed by atoms with Gasteiger partial charge in [0, 0.05) is 36.7 Å². The van der Waals surface area contributed by atoms with Gasteiger partial charge in [-0.05, 0) is 66.5 Å². The zero-order valence-corrected chi connectivity index (χ0v) is 25.2. The third kappa shape index (κ3) is 9.62. The third-order valence-corrected chi connectivity index (χ3v) is 7.74. The average molecular weight is 596 g/mol. The minimum absolute atomic E-state index is 0.135. The monoisotopic (exact) mass is 594 g/mol. The highest BCUT2D eigenvalue weighted by Gasteiger charge is 2.23. The first-order valence-electron chi connectivity index (χ1n) is 14.0. The highest BCUT2D eigenvalue weighted by Crippen LogP contribution is 2.31. The number of aromatic nitrogens is 3. The first-order chi connectivity index (χ1) is 18.9. The van der Waals surface area contributed by atoms with Crippen molar-refractivity contribution in [3.8, 4) is 0 Å². The molecule has 0 unspecified atom stereocenters. The molecule has 1 aromatic carbocycles. The molecule has 1 fully saturated rings. The van der Waals surface area contributed by atoms with E-state index in [0.29, 0.717) is 23.3 Å². The van der Waals surface area contributed by atoms with Crippen molar-refractivity contribution in [1.29, 1.82) is 0 Å². The molecule has 210 valence electrons. The van der Waals surface area contributed by atoms with Crippen LogP contribution in [-0.4, -0.2) is 52.8 Å². The molecule has 0 atom stereocenters. The summed E-state index contributed by atoms with van der Waals surface area (Å²) in [4.78, 5) is 18.9. The summed E-state index contributed by atoms with van der Waals surface area (Å²) >= 11 is 3.65. The van der Waals surface area contributed by atoms with Gasteiger partial charge in [-0.3, -0.25) is 9.78 Å². The van der Waals surface area contributed by atoms with Crippen LogP contribution in [0.1, 0.15) is 67.1 Å². The fourth-order valence-corrected chi connectivity index (χ4v) is 5.32. The van der Waals surface area contributed by atoms with Crippen molar-refractivity contribution in [1.82, 2.24) is 25.0 Å². The van der Waals surface area contributed by atoms with Crippen molar-refractivity contribution in [3.63, 3.8) is 0 Å². The number of anilines is 1. The topological polar surface area (TPSA) is 75.1 Å². The van der Waals surface area contributed by atoms with Crippen LogP contribution in [0.25, 0.3) is 5.70 Å². The molecule has 4 rings (SSSR count). The van der Waals surface area contributed by atoms with E-state index in [0.717, 1.165) is 42.4 Å². The lowest BCUT2D eigenvalue weighted by Gasteiger charge is -2.21.